The van der Waals surface area contributed by atoms with Gasteiger partial charge in [0.05, 0.1) is 0 Å². The van der Waals surface area contributed by atoms with Crippen LogP contribution in [-0.2, 0) is 0 Å². The molecule has 0 bridgehead atoms. The van der Waals surface area contributed by atoms with Crippen LogP contribution in [0.1, 0.15) is 13.3 Å². The van der Waals surface area contributed by atoms with Crippen molar-refractivity contribution in [3.63, 3.8) is 0 Å². The summed E-state index contributed by atoms with van der Waals surface area (Å²) in [6, 6.07) is 0. The molecule has 0 aromatic rings. The SMILES string of the molecule is CCC=CN.P. The lowest BCUT2D eigenvalue weighted by atomic mass is 10.5. The Balaban J connectivity index is 0. The van der Waals surface area contributed by atoms with Crippen LogP contribution >= 0.6 is 9.90 Å². The Hall–Kier alpha value is -0.0300. The molecule has 0 fully saturated rings. The van der Waals surface area contributed by atoms with Crippen molar-refractivity contribution in [3.05, 3.63) is 12.3 Å². The lowest BCUT2D eigenvalue weighted by Gasteiger charge is -1.66. The molecular weight excluding hydrogens is 93.0 g/mol. The molecule has 0 amide bonds. The van der Waals surface area contributed by atoms with Gasteiger partial charge in [0.15, 0.2) is 0 Å². The van der Waals surface area contributed by atoms with Crippen molar-refractivity contribution in [2.45, 2.75) is 13.3 Å². The van der Waals surface area contributed by atoms with Crippen molar-refractivity contribution < 1.29 is 0 Å². The van der Waals surface area contributed by atoms with Gasteiger partial charge >= 0.3 is 0 Å². The van der Waals surface area contributed by atoms with Gasteiger partial charge in [0.1, 0.15) is 0 Å². The third-order valence-electron chi connectivity index (χ3n) is 0.372. The second-order valence-corrected chi connectivity index (χ2v) is 0.836. The van der Waals surface area contributed by atoms with E-state index >= 15 is 0 Å². The van der Waals surface area contributed by atoms with Gasteiger partial charge < -0.3 is 5.73 Å². The molecule has 0 saturated carbocycles. The number of hydrogen-bond donors (Lipinski definition) is 1. The predicted octanol–water partition coefficient (Wildman–Crippen LogP) is 0.927. The highest BCUT2D eigenvalue weighted by atomic mass is 31.0. The van der Waals surface area contributed by atoms with Crippen LogP contribution in [0.3, 0.4) is 0 Å². The fourth-order valence-electron chi connectivity index (χ4n) is 0.136. The first-order valence-corrected chi connectivity index (χ1v) is 1.78. The zero-order valence-corrected chi connectivity index (χ0v) is 5.56. The molecular formula is C4H12NP. The summed E-state index contributed by atoms with van der Waals surface area (Å²) in [5.74, 6) is 0. The molecule has 0 spiro atoms. The molecule has 1 unspecified atom stereocenters. The minimum absolute atomic E-state index is 0. The summed E-state index contributed by atoms with van der Waals surface area (Å²) in [6.07, 6.45) is 4.50. The van der Waals surface area contributed by atoms with Crippen molar-refractivity contribution >= 4 is 9.90 Å². The molecule has 0 heterocycles. The molecule has 0 saturated heterocycles. The Kier molecular flexibility index (Phi) is 13.8. The van der Waals surface area contributed by atoms with Crippen molar-refractivity contribution in [1.82, 2.24) is 0 Å². The lowest BCUT2D eigenvalue weighted by Crippen LogP contribution is -1.72. The zero-order valence-electron chi connectivity index (χ0n) is 4.15. The smallest absolute Gasteiger partial charge is 0.0103 e. The summed E-state index contributed by atoms with van der Waals surface area (Å²) in [4.78, 5) is 0. The maximum absolute atomic E-state index is 4.96. The molecule has 0 radical (unpaired) electrons. The van der Waals surface area contributed by atoms with Crippen LogP contribution in [0.25, 0.3) is 0 Å². The summed E-state index contributed by atoms with van der Waals surface area (Å²) in [7, 11) is 0. The standard InChI is InChI=1S/C4H9N.H3P/c1-2-3-4-5;/h3-4H,2,5H2,1H3;1H3. The fraction of sp³-hybridized carbons (Fsp3) is 0.500. The van der Waals surface area contributed by atoms with Crippen LogP contribution in [0.4, 0.5) is 0 Å². The van der Waals surface area contributed by atoms with E-state index in [0.717, 1.165) is 6.42 Å². The maximum Gasteiger partial charge on any atom is -0.0103 e. The molecule has 2 heteroatoms. The zero-order chi connectivity index (χ0) is 4.12. The van der Waals surface area contributed by atoms with Crippen LogP contribution < -0.4 is 5.73 Å². The largest absolute Gasteiger partial charge is 0.405 e. The van der Waals surface area contributed by atoms with E-state index in [9.17, 15) is 0 Å². The quantitative estimate of drug-likeness (QED) is 0.493. The molecule has 0 aliphatic carbocycles. The molecule has 2 N–H and O–H groups in total. The minimum atomic E-state index is 0. The molecule has 1 atom stereocenters. The minimum Gasteiger partial charge on any atom is -0.405 e. The Morgan fingerprint density at radius 3 is 2.17 bits per heavy atom. The summed E-state index contributed by atoms with van der Waals surface area (Å²) >= 11 is 0. The second-order valence-electron chi connectivity index (χ2n) is 0.836. The van der Waals surface area contributed by atoms with Gasteiger partial charge in [-0.1, -0.05) is 13.0 Å². The van der Waals surface area contributed by atoms with E-state index in [1.165, 1.54) is 0 Å². The van der Waals surface area contributed by atoms with E-state index in [1.807, 2.05) is 13.0 Å². The van der Waals surface area contributed by atoms with E-state index in [1.54, 1.807) is 6.20 Å². The first-order chi connectivity index (χ1) is 2.41. The maximum atomic E-state index is 4.96. The van der Waals surface area contributed by atoms with E-state index in [-0.39, 0.29) is 9.90 Å². The van der Waals surface area contributed by atoms with Crippen LogP contribution in [0.15, 0.2) is 12.3 Å². The third kappa shape index (κ3) is 9.02. The van der Waals surface area contributed by atoms with Gasteiger partial charge in [0.2, 0.25) is 0 Å². The molecule has 38 valence electrons. The van der Waals surface area contributed by atoms with E-state index in [4.69, 9.17) is 5.73 Å². The summed E-state index contributed by atoms with van der Waals surface area (Å²) in [6.45, 7) is 2.04. The van der Waals surface area contributed by atoms with Gasteiger partial charge in [-0.05, 0) is 12.6 Å². The van der Waals surface area contributed by atoms with Gasteiger partial charge in [-0.25, -0.2) is 0 Å². The van der Waals surface area contributed by atoms with Crippen molar-refractivity contribution in [3.8, 4) is 0 Å². The summed E-state index contributed by atoms with van der Waals surface area (Å²) in [5, 5.41) is 0. The number of allylic oxidation sites excluding steroid dienone is 1. The molecule has 6 heavy (non-hydrogen) atoms. The summed E-state index contributed by atoms with van der Waals surface area (Å²) in [5.41, 5.74) is 4.96. The van der Waals surface area contributed by atoms with Crippen LogP contribution in [0, 0.1) is 0 Å². The Labute approximate surface area is 42.2 Å². The van der Waals surface area contributed by atoms with Gasteiger partial charge in [0, 0.05) is 0 Å². The highest BCUT2D eigenvalue weighted by Gasteiger charge is 1.52. The second kappa shape index (κ2) is 8.88. The van der Waals surface area contributed by atoms with Crippen LogP contribution in [0.5, 0.6) is 0 Å². The molecule has 0 aliphatic heterocycles. The van der Waals surface area contributed by atoms with Crippen molar-refractivity contribution in [2.75, 3.05) is 0 Å². The fourth-order valence-corrected chi connectivity index (χ4v) is 0.136. The predicted molar refractivity (Wildman–Crippen MR) is 34.7 cm³/mol. The highest BCUT2D eigenvalue weighted by molar-refractivity contribution is 6.92. The molecule has 0 rings (SSSR count). The monoisotopic (exact) mass is 105 g/mol. The average Bonchev–Trinajstić information content (AvgIpc) is 1.41. The van der Waals surface area contributed by atoms with Gasteiger partial charge in [-0.15, -0.1) is 0 Å². The van der Waals surface area contributed by atoms with Crippen LogP contribution in [0.2, 0.25) is 0 Å². The summed E-state index contributed by atoms with van der Waals surface area (Å²) < 4.78 is 0. The van der Waals surface area contributed by atoms with Crippen molar-refractivity contribution in [2.24, 2.45) is 5.73 Å². The first kappa shape index (κ1) is 9.36. The number of nitrogens with two attached hydrogens (primary N) is 1. The number of hydrogen-bond acceptors (Lipinski definition) is 1. The lowest BCUT2D eigenvalue weighted by molar-refractivity contribution is 1.21. The van der Waals surface area contributed by atoms with E-state index in [0.29, 0.717) is 0 Å². The highest BCUT2D eigenvalue weighted by Crippen LogP contribution is 1.69. The first-order valence-electron chi connectivity index (χ1n) is 1.78. The molecule has 0 aromatic heterocycles. The third-order valence-corrected chi connectivity index (χ3v) is 0.372. The average molecular weight is 105 g/mol. The molecule has 0 aromatic carbocycles. The van der Waals surface area contributed by atoms with Gasteiger partial charge in [0.25, 0.3) is 0 Å². The molecule has 0 aliphatic rings. The van der Waals surface area contributed by atoms with Gasteiger partial charge in [-0.3, -0.25) is 0 Å². The van der Waals surface area contributed by atoms with E-state index in [2.05, 4.69) is 0 Å². The normalized spacial score (nSPS) is 8.17. The van der Waals surface area contributed by atoms with E-state index < -0.39 is 0 Å². The van der Waals surface area contributed by atoms with Crippen LogP contribution in [-0.4, -0.2) is 0 Å². The molecule has 1 nitrogen and oxygen atoms in total. The topological polar surface area (TPSA) is 26.0 Å². The Morgan fingerprint density at radius 1 is 1.67 bits per heavy atom. The number of rotatable bonds is 1. The Morgan fingerprint density at radius 2 is 2.17 bits per heavy atom. The van der Waals surface area contributed by atoms with Gasteiger partial charge in [-0.2, -0.15) is 9.90 Å². The van der Waals surface area contributed by atoms with Crippen molar-refractivity contribution in [1.29, 1.82) is 0 Å². The Bertz CT molecular complexity index is 34.5.